The summed E-state index contributed by atoms with van der Waals surface area (Å²) in [5.41, 5.74) is 2.05. The number of nitrogens with zero attached hydrogens (tertiary/aromatic N) is 3. The van der Waals surface area contributed by atoms with Crippen LogP contribution in [0.3, 0.4) is 0 Å². The van der Waals surface area contributed by atoms with Gasteiger partial charge in [-0.3, -0.25) is 9.78 Å². The number of amides is 1. The van der Waals surface area contributed by atoms with Gasteiger partial charge in [-0.15, -0.1) is 0 Å². The highest BCUT2D eigenvalue weighted by molar-refractivity contribution is 6.31. The Morgan fingerprint density at radius 2 is 2.16 bits per heavy atom. The number of aromatic nitrogens is 3. The lowest BCUT2D eigenvalue weighted by molar-refractivity contribution is 0.0943. The maximum Gasteiger partial charge on any atom is 0.272 e. The second-order valence-electron chi connectivity index (χ2n) is 5.43. The summed E-state index contributed by atoms with van der Waals surface area (Å²) in [5, 5.41) is 7.69. The van der Waals surface area contributed by atoms with Crippen molar-refractivity contribution < 1.29 is 9.53 Å². The maximum atomic E-state index is 12.1. The zero-order chi connectivity index (χ0) is 17.6. The lowest BCUT2D eigenvalue weighted by atomic mass is 10.2. The van der Waals surface area contributed by atoms with Gasteiger partial charge in [-0.05, 0) is 48.9 Å². The predicted molar refractivity (Wildman–Crippen MR) is 94.5 cm³/mol. The number of aryl methyl sites for hydroxylation is 1. The molecule has 0 saturated heterocycles. The smallest absolute Gasteiger partial charge is 0.272 e. The van der Waals surface area contributed by atoms with E-state index in [9.17, 15) is 4.79 Å². The van der Waals surface area contributed by atoms with Crippen molar-refractivity contribution >= 4 is 17.5 Å². The van der Waals surface area contributed by atoms with Crippen molar-refractivity contribution in [1.29, 1.82) is 0 Å². The van der Waals surface area contributed by atoms with Crippen LogP contribution in [0.15, 0.2) is 54.9 Å². The second kappa shape index (κ2) is 7.81. The Morgan fingerprint density at radius 3 is 2.92 bits per heavy atom. The molecule has 25 heavy (non-hydrogen) atoms. The van der Waals surface area contributed by atoms with Gasteiger partial charge in [0.25, 0.3) is 5.91 Å². The van der Waals surface area contributed by atoms with E-state index in [4.69, 9.17) is 16.3 Å². The zero-order valence-corrected chi connectivity index (χ0v) is 14.4. The molecule has 0 aliphatic heterocycles. The summed E-state index contributed by atoms with van der Waals surface area (Å²) in [6.07, 6.45) is 3.38. The minimum absolute atomic E-state index is 0.203. The van der Waals surface area contributed by atoms with Crippen molar-refractivity contribution in [1.82, 2.24) is 20.1 Å². The number of ether oxygens (including phenoxy) is 1. The van der Waals surface area contributed by atoms with Gasteiger partial charge in [0.05, 0.1) is 12.2 Å². The quantitative estimate of drug-likeness (QED) is 0.736. The highest BCUT2D eigenvalue weighted by Gasteiger charge is 2.09. The summed E-state index contributed by atoms with van der Waals surface area (Å²) in [7, 11) is 0. The monoisotopic (exact) mass is 356 g/mol. The Bertz CT molecular complexity index is 865. The van der Waals surface area contributed by atoms with Crippen LogP contribution in [0.1, 0.15) is 21.7 Å². The molecule has 0 aliphatic carbocycles. The SMILES string of the molecule is Cc1cc(OCn2ccc(C(=O)NCc3ccccn3)n2)ccc1Cl. The molecule has 1 N–H and O–H groups in total. The molecule has 0 bridgehead atoms. The first kappa shape index (κ1) is 17.0. The van der Waals surface area contributed by atoms with E-state index >= 15 is 0 Å². The van der Waals surface area contributed by atoms with Gasteiger partial charge in [-0.2, -0.15) is 5.10 Å². The fraction of sp³-hybridized carbons (Fsp3) is 0.167. The summed E-state index contributed by atoms with van der Waals surface area (Å²) in [6, 6.07) is 12.6. The molecule has 1 aromatic carbocycles. The van der Waals surface area contributed by atoms with E-state index in [0.717, 1.165) is 11.3 Å². The Hall–Kier alpha value is -2.86. The van der Waals surface area contributed by atoms with Gasteiger partial charge in [0.15, 0.2) is 6.73 Å². The van der Waals surface area contributed by atoms with Crippen molar-refractivity contribution in [2.24, 2.45) is 0 Å². The number of hydrogen-bond donors (Lipinski definition) is 1. The summed E-state index contributed by atoms with van der Waals surface area (Å²) < 4.78 is 7.21. The first-order valence-electron chi connectivity index (χ1n) is 7.72. The molecule has 128 valence electrons. The minimum atomic E-state index is -0.258. The molecule has 0 atom stereocenters. The fourth-order valence-electron chi connectivity index (χ4n) is 2.17. The normalized spacial score (nSPS) is 10.5. The van der Waals surface area contributed by atoms with Crippen LogP contribution in [0.2, 0.25) is 5.02 Å². The molecule has 0 aliphatic rings. The van der Waals surface area contributed by atoms with Crippen molar-refractivity contribution in [3.63, 3.8) is 0 Å². The van der Waals surface area contributed by atoms with Gasteiger partial charge < -0.3 is 10.1 Å². The van der Waals surface area contributed by atoms with E-state index in [1.165, 1.54) is 0 Å². The van der Waals surface area contributed by atoms with E-state index in [1.807, 2.05) is 31.2 Å². The third kappa shape index (κ3) is 4.58. The first-order valence-corrected chi connectivity index (χ1v) is 8.10. The van der Waals surface area contributed by atoms with Crippen LogP contribution in [-0.2, 0) is 13.3 Å². The molecule has 6 nitrogen and oxygen atoms in total. The fourth-order valence-corrected chi connectivity index (χ4v) is 2.28. The molecule has 2 aromatic heterocycles. The van der Waals surface area contributed by atoms with E-state index in [-0.39, 0.29) is 12.6 Å². The van der Waals surface area contributed by atoms with E-state index < -0.39 is 0 Å². The van der Waals surface area contributed by atoms with Gasteiger partial charge >= 0.3 is 0 Å². The van der Waals surface area contributed by atoms with Crippen molar-refractivity contribution in [2.45, 2.75) is 20.2 Å². The van der Waals surface area contributed by atoms with Gasteiger partial charge in [-0.25, -0.2) is 4.68 Å². The summed E-state index contributed by atoms with van der Waals surface area (Å²) in [6.45, 7) is 2.47. The Balaban J connectivity index is 1.54. The van der Waals surface area contributed by atoms with Crippen molar-refractivity contribution in [3.8, 4) is 5.75 Å². The largest absolute Gasteiger partial charge is 0.471 e. The molecule has 1 amide bonds. The second-order valence-corrected chi connectivity index (χ2v) is 5.84. The maximum absolute atomic E-state index is 12.1. The van der Waals surface area contributed by atoms with Gasteiger partial charge in [0.2, 0.25) is 0 Å². The van der Waals surface area contributed by atoms with Crippen LogP contribution in [0, 0.1) is 6.92 Å². The van der Waals surface area contributed by atoms with Crippen LogP contribution in [0.4, 0.5) is 0 Å². The van der Waals surface area contributed by atoms with Crippen LogP contribution in [0.25, 0.3) is 0 Å². The topological polar surface area (TPSA) is 69.0 Å². The molecule has 0 fully saturated rings. The number of rotatable bonds is 6. The van der Waals surface area contributed by atoms with Crippen LogP contribution >= 0.6 is 11.6 Å². The van der Waals surface area contributed by atoms with Crippen molar-refractivity contribution in [2.75, 3.05) is 0 Å². The number of nitrogens with one attached hydrogen (secondary N) is 1. The van der Waals surface area contributed by atoms with Crippen LogP contribution < -0.4 is 10.1 Å². The lowest BCUT2D eigenvalue weighted by Crippen LogP contribution is -2.24. The van der Waals surface area contributed by atoms with E-state index in [2.05, 4.69) is 15.4 Å². The molecule has 3 aromatic rings. The molecule has 0 saturated carbocycles. The number of pyridine rings is 1. The third-order valence-electron chi connectivity index (χ3n) is 3.52. The summed E-state index contributed by atoms with van der Waals surface area (Å²) in [4.78, 5) is 16.3. The highest BCUT2D eigenvalue weighted by atomic mass is 35.5. The van der Waals surface area contributed by atoms with E-state index in [0.29, 0.717) is 23.0 Å². The summed E-state index contributed by atoms with van der Waals surface area (Å²) >= 11 is 5.99. The molecular formula is C18H17ClN4O2. The highest BCUT2D eigenvalue weighted by Crippen LogP contribution is 2.21. The molecule has 0 spiro atoms. The van der Waals surface area contributed by atoms with Crippen LogP contribution in [0.5, 0.6) is 5.75 Å². The Kier molecular flexibility index (Phi) is 5.30. The minimum Gasteiger partial charge on any atom is -0.471 e. The molecule has 2 heterocycles. The number of benzene rings is 1. The number of carbonyl (C=O) groups is 1. The predicted octanol–water partition coefficient (Wildman–Crippen LogP) is 3.21. The van der Waals surface area contributed by atoms with Gasteiger partial charge in [0.1, 0.15) is 11.4 Å². The van der Waals surface area contributed by atoms with Crippen LogP contribution in [-0.4, -0.2) is 20.7 Å². The Morgan fingerprint density at radius 1 is 1.28 bits per heavy atom. The number of carbonyl (C=O) groups excluding carboxylic acids is 1. The Labute approximate surface area is 150 Å². The molecule has 3 rings (SSSR count). The molecular weight excluding hydrogens is 340 g/mol. The molecule has 7 heteroatoms. The molecule has 0 unspecified atom stereocenters. The number of hydrogen-bond acceptors (Lipinski definition) is 4. The van der Waals surface area contributed by atoms with Gasteiger partial charge in [-0.1, -0.05) is 17.7 Å². The zero-order valence-electron chi connectivity index (χ0n) is 13.6. The third-order valence-corrected chi connectivity index (χ3v) is 3.95. The first-order chi connectivity index (χ1) is 12.1. The summed E-state index contributed by atoms with van der Waals surface area (Å²) in [5.74, 6) is 0.435. The van der Waals surface area contributed by atoms with E-state index in [1.54, 1.807) is 35.3 Å². The average molecular weight is 357 g/mol. The lowest BCUT2D eigenvalue weighted by Gasteiger charge is -2.07. The average Bonchev–Trinajstić information content (AvgIpc) is 3.11. The standard InChI is InChI=1S/C18H17ClN4O2/c1-13-10-15(5-6-16(13)19)25-12-23-9-7-17(22-23)18(24)21-11-14-4-2-3-8-20-14/h2-10H,11-12H2,1H3,(H,21,24). The van der Waals surface area contributed by atoms with Crippen molar-refractivity contribution in [3.05, 3.63) is 76.8 Å². The van der Waals surface area contributed by atoms with Gasteiger partial charge in [0, 0.05) is 17.4 Å². The number of halogens is 1. The molecule has 0 radical (unpaired) electrons.